The van der Waals surface area contributed by atoms with E-state index in [2.05, 4.69) is 0 Å². The smallest absolute Gasteiger partial charge is 0.0552 e. The van der Waals surface area contributed by atoms with Gasteiger partial charge >= 0.3 is 0 Å². The molecule has 2 unspecified atom stereocenters. The van der Waals surface area contributed by atoms with Gasteiger partial charge in [-0.3, -0.25) is 5.73 Å². The Bertz CT molecular complexity index is 54.5. The lowest BCUT2D eigenvalue weighted by atomic mass is 10.1. The van der Waals surface area contributed by atoms with Gasteiger partial charge in [0, 0.05) is 6.04 Å². The maximum Gasteiger partial charge on any atom is 0.0552 e. The summed E-state index contributed by atoms with van der Waals surface area (Å²) < 4.78 is 0. The SMILES string of the molecule is CCC(O)CC(C)[NH]. The maximum atomic E-state index is 8.91. The molecule has 2 atom stereocenters. The summed E-state index contributed by atoms with van der Waals surface area (Å²) in [5.41, 5.74) is 7.05. The molecule has 49 valence electrons. The lowest BCUT2D eigenvalue weighted by molar-refractivity contribution is 0.152. The number of nitrogens with one attached hydrogen (secondary N) is 1. The van der Waals surface area contributed by atoms with Crippen molar-refractivity contribution in [2.24, 2.45) is 0 Å². The first kappa shape index (κ1) is 7.92. The maximum absolute atomic E-state index is 8.91. The number of hydrogen-bond donors (Lipinski definition) is 1. The van der Waals surface area contributed by atoms with Crippen LogP contribution in [0.25, 0.3) is 0 Å². The predicted molar refractivity (Wildman–Crippen MR) is 33.5 cm³/mol. The van der Waals surface area contributed by atoms with Gasteiger partial charge in [0.2, 0.25) is 0 Å². The molecule has 0 saturated carbocycles. The molecule has 0 fully saturated rings. The highest BCUT2D eigenvalue weighted by Gasteiger charge is 2.02. The molecule has 0 aliphatic rings. The molecule has 0 saturated heterocycles. The van der Waals surface area contributed by atoms with Crippen molar-refractivity contribution in [3.05, 3.63) is 0 Å². The third-order valence-electron chi connectivity index (χ3n) is 1.10. The summed E-state index contributed by atoms with van der Waals surface area (Å²) in [6.07, 6.45) is 1.11. The van der Waals surface area contributed by atoms with Crippen LogP contribution in [-0.2, 0) is 0 Å². The van der Waals surface area contributed by atoms with E-state index in [1.807, 2.05) is 6.92 Å². The molecule has 0 rings (SSSR count). The highest BCUT2D eigenvalue weighted by molar-refractivity contribution is 4.59. The molecular weight excluding hydrogens is 102 g/mol. The third-order valence-corrected chi connectivity index (χ3v) is 1.10. The van der Waals surface area contributed by atoms with E-state index in [4.69, 9.17) is 10.8 Å². The van der Waals surface area contributed by atoms with E-state index < -0.39 is 0 Å². The fourth-order valence-electron chi connectivity index (χ4n) is 0.575. The van der Waals surface area contributed by atoms with E-state index >= 15 is 0 Å². The minimum absolute atomic E-state index is 0.120. The normalized spacial score (nSPS) is 18.0. The van der Waals surface area contributed by atoms with Gasteiger partial charge in [0.1, 0.15) is 0 Å². The summed E-state index contributed by atoms with van der Waals surface area (Å²) >= 11 is 0. The monoisotopic (exact) mass is 116 g/mol. The molecule has 0 aromatic heterocycles. The van der Waals surface area contributed by atoms with Gasteiger partial charge < -0.3 is 5.11 Å². The zero-order valence-corrected chi connectivity index (χ0v) is 5.52. The minimum Gasteiger partial charge on any atom is -0.393 e. The fourth-order valence-corrected chi connectivity index (χ4v) is 0.575. The van der Waals surface area contributed by atoms with Gasteiger partial charge in [-0.2, -0.15) is 0 Å². The molecule has 0 bridgehead atoms. The van der Waals surface area contributed by atoms with E-state index in [1.54, 1.807) is 6.92 Å². The largest absolute Gasteiger partial charge is 0.393 e. The average molecular weight is 116 g/mol. The van der Waals surface area contributed by atoms with Gasteiger partial charge in [0.25, 0.3) is 0 Å². The number of rotatable bonds is 3. The summed E-state index contributed by atoms with van der Waals surface area (Å²) in [6.45, 7) is 3.71. The Morgan fingerprint density at radius 3 is 2.25 bits per heavy atom. The Kier molecular flexibility index (Phi) is 3.83. The van der Waals surface area contributed by atoms with Gasteiger partial charge in [-0.15, -0.1) is 0 Å². The van der Waals surface area contributed by atoms with Crippen molar-refractivity contribution in [2.75, 3.05) is 0 Å². The van der Waals surface area contributed by atoms with Crippen molar-refractivity contribution >= 4 is 0 Å². The first-order chi connectivity index (χ1) is 3.66. The second-order valence-corrected chi connectivity index (χ2v) is 2.20. The molecule has 0 aromatic carbocycles. The highest BCUT2D eigenvalue weighted by atomic mass is 16.3. The molecule has 0 heterocycles. The molecule has 0 aliphatic carbocycles. The van der Waals surface area contributed by atoms with Crippen LogP contribution < -0.4 is 5.73 Å². The molecule has 0 aliphatic heterocycles. The number of hydrogen-bond acceptors (Lipinski definition) is 1. The Morgan fingerprint density at radius 1 is 1.62 bits per heavy atom. The van der Waals surface area contributed by atoms with Crippen molar-refractivity contribution in [1.29, 1.82) is 0 Å². The number of aliphatic hydroxyl groups is 1. The van der Waals surface area contributed by atoms with E-state index in [-0.39, 0.29) is 12.1 Å². The third kappa shape index (κ3) is 4.09. The van der Waals surface area contributed by atoms with Crippen LogP contribution in [0.15, 0.2) is 0 Å². The Balaban J connectivity index is 3.10. The minimum atomic E-state index is -0.262. The lowest BCUT2D eigenvalue weighted by Crippen LogP contribution is -2.14. The van der Waals surface area contributed by atoms with Gasteiger partial charge in [-0.1, -0.05) is 6.92 Å². The summed E-state index contributed by atoms with van der Waals surface area (Å²) in [6, 6.07) is -0.120. The molecule has 8 heavy (non-hydrogen) atoms. The van der Waals surface area contributed by atoms with Crippen molar-refractivity contribution in [3.8, 4) is 0 Å². The zero-order chi connectivity index (χ0) is 6.57. The second-order valence-electron chi connectivity index (χ2n) is 2.20. The van der Waals surface area contributed by atoms with Gasteiger partial charge in [-0.25, -0.2) is 0 Å². The van der Waals surface area contributed by atoms with Crippen LogP contribution in [0.2, 0.25) is 0 Å². The van der Waals surface area contributed by atoms with Gasteiger partial charge in [0.05, 0.1) is 6.10 Å². The molecule has 2 heteroatoms. The highest BCUT2D eigenvalue weighted by Crippen LogP contribution is 1.99. The standard InChI is InChI=1S/C6H14NO/c1-3-6(8)4-5(2)7/h5-8H,3-4H2,1-2H3. The van der Waals surface area contributed by atoms with Crippen molar-refractivity contribution in [1.82, 2.24) is 5.73 Å². The zero-order valence-electron chi connectivity index (χ0n) is 5.52. The van der Waals surface area contributed by atoms with Crippen LogP contribution in [0.1, 0.15) is 26.7 Å². The lowest BCUT2D eigenvalue weighted by Gasteiger charge is -2.08. The molecule has 0 amide bonds. The van der Waals surface area contributed by atoms with Crippen LogP contribution >= 0.6 is 0 Å². The first-order valence-corrected chi connectivity index (χ1v) is 3.06. The summed E-state index contributed by atoms with van der Waals surface area (Å²) in [4.78, 5) is 0. The fraction of sp³-hybridized carbons (Fsp3) is 1.00. The van der Waals surface area contributed by atoms with Crippen LogP contribution in [0.3, 0.4) is 0 Å². The topological polar surface area (TPSA) is 44.0 Å². The molecule has 0 spiro atoms. The van der Waals surface area contributed by atoms with Crippen molar-refractivity contribution < 1.29 is 5.11 Å². The summed E-state index contributed by atoms with van der Waals surface area (Å²) in [5.74, 6) is 0. The van der Waals surface area contributed by atoms with E-state index in [0.717, 1.165) is 6.42 Å². The average Bonchev–Trinajstić information content (AvgIpc) is 1.65. The Morgan fingerprint density at radius 2 is 2.12 bits per heavy atom. The van der Waals surface area contributed by atoms with Crippen molar-refractivity contribution in [3.63, 3.8) is 0 Å². The van der Waals surface area contributed by atoms with E-state index in [0.29, 0.717) is 6.42 Å². The van der Waals surface area contributed by atoms with Gasteiger partial charge in [0.15, 0.2) is 0 Å². The Labute approximate surface area is 50.7 Å². The molecule has 1 radical (unpaired) electrons. The van der Waals surface area contributed by atoms with E-state index in [1.165, 1.54) is 0 Å². The van der Waals surface area contributed by atoms with Crippen LogP contribution in [-0.4, -0.2) is 17.3 Å². The first-order valence-electron chi connectivity index (χ1n) is 3.06. The quantitative estimate of drug-likeness (QED) is 0.583. The molecular formula is C6H14NO. The summed E-state index contributed by atoms with van der Waals surface area (Å²) in [7, 11) is 0. The summed E-state index contributed by atoms with van der Waals surface area (Å²) in [5, 5.41) is 8.91. The molecule has 0 aromatic rings. The van der Waals surface area contributed by atoms with Crippen LogP contribution in [0, 0.1) is 0 Å². The van der Waals surface area contributed by atoms with Crippen LogP contribution in [0.4, 0.5) is 0 Å². The van der Waals surface area contributed by atoms with Crippen LogP contribution in [0.5, 0.6) is 0 Å². The molecule has 2 N–H and O–H groups in total. The Hall–Kier alpha value is -0.0800. The number of aliphatic hydroxyl groups excluding tert-OH is 1. The van der Waals surface area contributed by atoms with Crippen molar-refractivity contribution in [2.45, 2.75) is 38.8 Å². The second kappa shape index (κ2) is 3.87. The predicted octanol–water partition coefficient (Wildman–Crippen LogP) is 0.819. The molecule has 2 nitrogen and oxygen atoms in total. The van der Waals surface area contributed by atoms with E-state index in [9.17, 15) is 0 Å². The van der Waals surface area contributed by atoms with Gasteiger partial charge in [-0.05, 0) is 19.8 Å².